The minimum Gasteiger partial charge on any atom is -0.256 e. The Balaban J connectivity index is 2.83. The molecular weight excluding hydrogens is 203 g/mol. The highest BCUT2D eigenvalue weighted by Crippen LogP contribution is 2.34. The van der Waals surface area contributed by atoms with E-state index in [-0.39, 0.29) is 5.52 Å². The van der Waals surface area contributed by atoms with E-state index >= 15 is 0 Å². The number of aryl methyl sites for hydroxylation is 1. The predicted octanol–water partition coefficient (Wildman–Crippen LogP) is 3.56. The molecule has 0 saturated heterocycles. The van der Waals surface area contributed by atoms with Crippen LogP contribution in [0.2, 0.25) is 0 Å². The fourth-order valence-electron chi connectivity index (χ4n) is 1.54. The lowest BCUT2D eigenvalue weighted by atomic mass is 10.1. The van der Waals surface area contributed by atoms with Gasteiger partial charge in [-0.25, -0.2) is 0 Å². The van der Waals surface area contributed by atoms with Crippen LogP contribution in [0.3, 0.4) is 0 Å². The summed E-state index contributed by atoms with van der Waals surface area (Å²) in [7, 11) is 0. The van der Waals surface area contributed by atoms with Crippen molar-refractivity contribution in [1.82, 2.24) is 4.98 Å². The predicted molar refractivity (Wildman–Crippen MR) is 51.5 cm³/mol. The van der Waals surface area contributed by atoms with E-state index in [4.69, 9.17) is 0 Å². The topological polar surface area (TPSA) is 12.9 Å². The van der Waals surface area contributed by atoms with Crippen molar-refractivity contribution < 1.29 is 13.2 Å². The van der Waals surface area contributed by atoms with Gasteiger partial charge in [0.25, 0.3) is 0 Å². The lowest BCUT2D eigenvalue weighted by Gasteiger charge is -2.10. The second kappa shape index (κ2) is 3.22. The molecule has 0 N–H and O–H groups in total. The summed E-state index contributed by atoms with van der Waals surface area (Å²) in [6.45, 7) is 1.77. The molecule has 0 amide bonds. The molecule has 2 rings (SSSR count). The van der Waals surface area contributed by atoms with Crippen LogP contribution in [-0.2, 0) is 6.18 Å². The zero-order valence-corrected chi connectivity index (χ0v) is 7.97. The molecule has 0 radical (unpaired) electrons. The Morgan fingerprint density at radius 3 is 2.53 bits per heavy atom. The normalized spacial score (nSPS) is 12.0. The third kappa shape index (κ3) is 1.67. The van der Waals surface area contributed by atoms with Crippen molar-refractivity contribution in [2.24, 2.45) is 0 Å². The van der Waals surface area contributed by atoms with E-state index in [0.29, 0.717) is 5.39 Å². The first-order valence-corrected chi connectivity index (χ1v) is 4.41. The smallest absolute Gasteiger partial charge is 0.256 e. The van der Waals surface area contributed by atoms with Gasteiger partial charge in [0.1, 0.15) is 0 Å². The van der Waals surface area contributed by atoms with Crippen molar-refractivity contribution in [1.29, 1.82) is 0 Å². The molecule has 4 heteroatoms. The largest absolute Gasteiger partial charge is 0.418 e. The Labute approximate surface area is 84.6 Å². The number of nitrogens with zero attached hydrogens (tertiary/aromatic N) is 1. The molecule has 0 atom stereocenters. The number of alkyl halides is 3. The van der Waals surface area contributed by atoms with Gasteiger partial charge in [-0.2, -0.15) is 13.2 Å². The van der Waals surface area contributed by atoms with E-state index in [1.807, 2.05) is 0 Å². The van der Waals surface area contributed by atoms with Crippen molar-refractivity contribution in [2.75, 3.05) is 0 Å². The van der Waals surface area contributed by atoms with Crippen molar-refractivity contribution in [3.05, 3.63) is 41.6 Å². The van der Waals surface area contributed by atoms with E-state index in [1.54, 1.807) is 19.1 Å². The van der Waals surface area contributed by atoms with Gasteiger partial charge in [-0.3, -0.25) is 4.98 Å². The molecule has 0 aliphatic carbocycles. The third-order valence-electron chi connectivity index (χ3n) is 2.29. The molecule has 0 bridgehead atoms. The van der Waals surface area contributed by atoms with Crippen LogP contribution in [0.1, 0.15) is 11.1 Å². The maximum Gasteiger partial charge on any atom is 0.418 e. The van der Waals surface area contributed by atoms with Crippen molar-refractivity contribution in [3.8, 4) is 0 Å². The van der Waals surface area contributed by atoms with Crippen LogP contribution in [0, 0.1) is 6.92 Å². The molecule has 2 aromatic rings. The number of aromatic nitrogens is 1. The van der Waals surface area contributed by atoms with Gasteiger partial charge in [-0.15, -0.1) is 0 Å². The number of pyridine rings is 1. The molecule has 1 nitrogen and oxygen atoms in total. The van der Waals surface area contributed by atoms with Gasteiger partial charge in [0, 0.05) is 11.6 Å². The molecule has 0 aliphatic rings. The van der Waals surface area contributed by atoms with Crippen LogP contribution in [0.25, 0.3) is 10.9 Å². The summed E-state index contributed by atoms with van der Waals surface area (Å²) in [5, 5.41) is 0.548. The Morgan fingerprint density at radius 1 is 1.13 bits per heavy atom. The molecule has 0 fully saturated rings. The summed E-state index contributed by atoms with van der Waals surface area (Å²) in [6, 6.07) is 5.80. The summed E-state index contributed by atoms with van der Waals surface area (Å²) in [4.78, 5) is 3.79. The van der Waals surface area contributed by atoms with Crippen molar-refractivity contribution in [2.45, 2.75) is 13.1 Å². The summed E-state index contributed by atoms with van der Waals surface area (Å²) >= 11 is 0. The third-order valence-corrected chi connectivity index (χ3v) is 2.29. The number of hydrogen-bond donors (Lipinski definition) is 0. The lowest BCUT2D eigenvalue weighted by Crippen LogP contribution is -2.06. The first kappa shape index (κ1) is 9.96. The maximum atomic E-state index is 12.6. The second-order valence-electron chi connectivity index (χ2n) is 3.33. The fraction of sp³-hybridized carbons (Fsp3) is 0.182. The molecule has 0 unspecified atom stereocenters. The molecule has 0 spiro atoms. The van der Waals surface area contributed by atoms with Gasteiger partial charge in [-0.05, 0) is 24.6 Å². The van der Waals surface area contributed by atoms with Gasteiger partial charge in [0.05, 0.1) is 11.1 Å². The minimum atomic E-state index is -4.35. The minimum absolute atomic E-state index is 0.0185. The highest BCUT2D eigenvalue weighted by Gasteiger charge is 2.33. The standard InChI is InChI=1S/C11H8F3N/c1-7-5-6-15-10-8(7)3-2-4-9(10)11(12,13)14/h2-6H,1H3. The van der Waals surface area contributed by atoms with Crippen LogP contribution < -0.4 is 0 Å². The second-order valence-corrected chi connectivity index (χ2v) is 3.33. The highest BCUT2D eigenvalue weighted by molar-refractivity contribution is 5.85. The Morgan fingerprint density at radius 2 is 1.87 bits per heavy atom. The van der Waals surface area contributed by atoms with Crippen molar-refractivity contribution >= 4 is 10.9 Å². The zero-order valence-electron chi connectivity index (χ0n) is 7.97. The Bertz CT molecular complexity index is 503. The average Bonchev–Trinajstić information content (AvgIpc) is 2.16. The van der Waals surface area contributed by atoms with Crippen LogP contribution in [0.15, 0.2) is 30.5 Å². The van der Waals surface area contributed by atoms with E-state index in [1.165, 1.54) is 12.3 Å². The first-order chi connectivity index (χ1) is 7.00. The van der Waals surface area contributed by atoms with E-state index in [0.717, 1.165) is 11.6 Å². The number of rotatable bonds is 0. The molecule has 15 heavy (non-hydrogen) atoms. The summed E-state index contributed by atoms with van der Waals surface area (Å²) in [5.74, 6) is 0. The summed E-state index contributed by atoms with van der Waals surface area (Å²) in [5.41, 5.74) is 0.139. The summed E-state index contributed by atoms with van der Waals surface area (Å²) in [6.07, 6.45) is -2.95. The van der Waals surface area contributed by atoms with E-state index < -0.39 is 11.7 Å². The molecular formula is C11H8F3N. The Kier molecular flexibility index (Phi) is 2.14. The molecule has 0 saturated carbocycles. The average molecular weight is 211 g/mol. The number of fused-ring (bicyclic) bond motifs is 1. The zero-order chi connectivity index (χ0) is 11.1. The van der Waals surface area contributed by atoms with Crippen LogP contribution in [0.4, 0.5) is 13.2 Å². The van der Waals surface area contributed by atoms with Gasteiger partial charge < -0.3 is 0 Å². The molecule has 78 valence electrons. The fourth-order valence-corrected chi connectivity index (χ4v) is 1.54. The van der Waals surface area contributed by atoms with Gasteiger partial charge in [-0.1, -0.05) is 12.1 Å². The van der Waals surface area contributed by atoms with Gasteiger partial charge >= 0.3 is 6.18 Å². The lowest BCUT2D eigenvalue weighted by molar-refractivity contribution is -0.136. The van der Waals surface area contributed by atoms with Gasteiger partial charge in [0.15, 0.2) is 0 Å². The van der Waals surface area contributed by atoms with Crippen molar-refractivity contribution in [3.63, 3.8) is 0 Å². The SMILES string of the molecule is Cc1ccnc2c(C(F)(F)F)cccc12. The quantitative estimate of drug-likeness (QED) is 0.649. The van der Waals surface area contributed by atoms with Crippen LogP contribution in [0.5, 0.6) is 0 Å². The number of halogens is 3. The number of hydrogen-bond acceptors (Lipinski definition) is 1. The van der Waals surface area contributed by atoms with E-state index in [2.05, 4.69) is 4.98 Å². The van der Waals surface area contributed by atoms with Crippen LogP contribution >= 0.6 is 0 Å². The van der Waals surface area contributed by atoms with Crippen LogP contribution in [-0.4, -0.2) is 4.98 Å². The molecule has 1 heterocycles. The number of benzene rings is 1. The molecule has 0 aliphatic heterocycles. The highest BCUT2D eigenvalue weighted by atomic mass is 19.4. The molecule has 1 aromatic heterocycles. The number of para-hydroxylation sites is 1. The monoisotopic (exact) mass is 211 g/mol. The first-order valence-electron chi connectivity index (χ1n) is 4.41. The maximum absolute atomic E-state index is 12.6. The van der Waals surface area contributed by atoms with Gasteiger partial charge in [0.2, 0.25) is 0 Å². The molecule has 1 aromatic carbocycles. The Hall–Kier alpha value is -1.58. The summed E-state index contributed by atoms with van der Waals surface area (Å²) < 4.78 is 37.8. The van der Waals surface area contributed by atoms with E-state index in [9.17, 15) is 13.2 Å².